The molecule has 5 heterocycles. The summed E-state index contributed by atoms with van der Waals surface area (Å²) in [5, 5.41) is 0. The van der Waals surface area contributed by atoms with Crippen molar-refractivity contribution >= 4 is 11.9 Å². The van der Waals surface area contributed by atoms with Crippen LogP contribution in [0.25, 0.3) is 0 Å². The molecule has 0 aliphatic carbocycles. The molecular weight excluding hydrogens is 354 g/mol. The van der Waals surface area contributed by atoms with Crippen LogP contribution in [-0.2, 0) is 17.7 Å². The number of nitrogens with zero attached hydrogens (tertiary/aromatic N) is 7. The average Bonchev–Trinajstić information content (AvgIpc) is 3.00. The highest BCUT2D eigenvalue weighted by molar-refractivity contribution is 5.37. The molecule has 0 saturated carbocycles. The lowest BCUT2D eigenvalue weighted by molar-refractivity contribution is 0.122. The van der Waals surface area contributed by atoms with E-state index >= 15 is 0 Å². The Morgan fingerprint density at radius 2 is 1.86 bits per heavy atom. The van der Waals surface area contributed by atoms with Crippen molar-refractivity contribution in [3.63, 3.8) is 0 Å². The Morgan fingerprint density at radius 1 is 1.07 bits per heavy atom. The molecule has 8 nitrogen and oxygen atoms in total. The van der Waals surface area contributed by atoms with Gasteiger partial charge in [0.05, 0.1) is 18.9 Å². The molecule has 2 bridgehead atoms. The quantitative estimate of drug-likeness (QED) is 0.788. The molecule has 2 saturated heterocycles. The minimum atomic E-state index is 0.404. The second-order valence-electron chi connectivity index (χ2n) is 8.08. The molecular formula is C20H27N7O. The molecule has 0 radical (unpaired) electrons. The van der Waals surface area contributed by atoms with Crippen molar-refractivity contribution in [1.29, 1.82) is 0 Å². The Kier molecular flexibility index (Phi) is 4.60. The topological polar surface area (TPSA) is 70.5 Å². The maximum atomic E-state index is 5.45. The van der Waals surface area contributed by atoms with Crippen LogP contribution in [-0.4, -0.2) is 71.3 Å². The Bertz CT molecular complexity index is 835. The van der Waals surface area contributed by atoms with Gasteiger partial charge in [0, 0.05) is 82.0 Å². The largest absolute Gasteiger partial charge is 0.378 e. The Labute approximate surface area is 165 Å². The molecule has 148 valence electrons. The number of ether oxygens (including phenoxy) is 1. The first-order chi connectivity index (χ1) is 13.7. The van der Waals surface area contributed by atoms with Gasteiger partial charge in [0.15, 0.2) is 0 Å². The zero-order valence-electron chi connectivity index (χ0n) is 16.6. The molecule has 0 amide bonds. The van der Waals surface area contributed by atoms with E-state index in [0.717, 1.165) is 56.7 Å². The molecule has 5 rings (SSSR count). The van der Waals surface area contributed by atoms with Crippen LogP contribution in [0.4, 0.5) is 11.9 Å². The van der Waals surface area contributed by atoms with Crippen molar-refractivity contribution in [1.82, 2.24) is 24.8 Å². The number of morpholine rings is 1. The normalized spacial score (nSPS) is 24.3. The Hall–Kier alpha value is -2.32. The van der Waals surface area contributed by atoms with Gasteiger partial charge >= 0.3 is 0 Å². The molecule has 2 fully saturated rings. The maximum Gasteiger partial charge on any atom is 0.225 e. The average molecular weight is 381 g/mol. The molecule has 2 aromatic rings. The van der Waals surface area contributed by atoms with Crippen LogP contribution in [0.2, 0.25) is 0 Å². The van der Waals surface area contributed by atoms with E-state index in [9.17, 15) is 0 Å². The number of anilines is 2. The van der Waals surface area contributed by atoms with Crippen LogP contribution in [0, 0.1) is 0 Å². The van der Waals surface area contributed by atoms with Gasteiger partial charge in [0.25, 0.3) is 0 Å². The van der Waals surface area contributed by atoms with Crippen LogP contribution in [0.1, 0.15) is 35.7 Å². The van der Waals surface area contributed by atoms with Crippen molar-refractivity contribution in [3.05, 3.63) is 35.4 Å². The van der Waals surface area contributed by atoms with Crippen molar-refractivity contribution in [2.75, 3.05) is 50.2 Å². The number of hydrogen-bond donors (Lipinski definition) is 0. The lowest BCUT2D eigenvalue weighted by Gasteiger charge is -2.36. The van der Waals surface area contributed by atoms with Crippen LogP contribution in [0.15, 0.2) is 18.6 Å². The highest BCUT2D eigenvalue weighted by Gasteiger charge is 2.41. The predicted molar refractivity (Wildman–Crippen MR) is 106 cm³/mol. The summed E-state index contributed by atoms with van der Waals surface area (Å²) in [6.45, 7) is 4.15. The van der Waals surface area contributed by atoms with Crippen LogP contribution >= 0.6 is 0 Å². The number of aromatic nitrogens is 4. The molecule has 0 aromatic carbocycles. The van der Waals surface area contributed by atoms with Gasteiger partial charge in [0.2, 0.25) is 11.9 Å². The molecule has 8 heteroatoms. The van der Waals surface area contributed by atoms with Gasteiger partial charge in [-0.15, -0.1) is 0 Å². The molecule has 2 atom stereocenters. The zero-order chi connectivity index (χ0) is 19.1. The second kappa shape index (κ2) is 7.25. The molecule has 3 aliphatic heterocycles. The summed E-state index contributed by atoms with van der Waals surface area (Å²) in [5.74, 6) is 1.61. The lowest BCUT2D eigenvalue weighted by atomic mass is 9.99. The SMILES string of the molecule is CN(C)c1ncc(CN2[C@H]3CC[C@H]2c2cnc(N4CCOCC4)nc2C3)cn1. The van der Waals surface area contributed by atoms with Gasteiger partial charge in [-0.3, -0.25) is 4.90 Å². The van der Waals surface area contributed by atoms with E-state index in [1.54, 1.807) is 0 Å². The number of hydrogen-bond acceptors (Lipinski definition) is 8. The molecule has 0 unspecified atom stereocenters. The first-order valence-corrected chi connectivity index (χ1v) is 10.1. The summed E-state index contributed by atoms with van der Waals surface area (Å²) in [6, 6.07) is 0.944. The molecule has 28 heavy (non-hydrogen) atoms. The minimum Gasteiger partial charge on any atom is -0.378 e. The molecule has 0 N–H and O–H groups in total. The van der Waals surface area contributed by atoms with E-state index in [2.05, 4.69) is 26.0 Å². The van der Waals surface area contributed by atoms with Crippen LogP contribution in [0.3, 0.4) is 0 Å². The summed E-state index contributed by atoms with van der Waals surface area (Å²) >= 11 is 0. The third kappa shape index (κ3) is 3.20. The van der Waals surface area contributed by atoms with E-state index in [4.69, 9.17) is 14.7 Å². The second-order valence-corrected chi connectivity index (χ2v) is 8.08. The predicted octanol–water partition coefficient (Wildman–Crippen LogP) is 1.43. The standard InChI is InChI=1S/C20H27N7O/c1-25(2)19-21-10-14(11-22-19)13-27-15-3-4-18(27)16-12-23-20(24-17(16)9-15)26-5-7-28-8-6-26/h10-12,15,18H,3-9,13H2,1-2H3/t15-,18-/m0/s1. The van der Waals surface area contributed by atoms with E-state index in [0.29, 0.717) is 12.1 Å². The van der Waals surface area contributed by atoms with Gasteiger partial charge in [0.1, 0.15) is 0 Å². The molecule has 2 aromatic heterocycles. The van der Waals surface area contributed by atoms with E-state index in [1.165, 1.54) is 24.1 Å². The first kappa shape index (κ1) is 17.8. The van der Waals surface area contributed by atoms with Gasteiger partial charge in [-0.2, -0.15) is 0 Å². The van der Waals surface area contributed by atoms with Crippen molar-refractivity contribution in [2.24, 2.45) is 0 Å². The lowest BCUT2D eigenvalue weighted by Crippen LogP contribution is -2.40. The minimum absolute atomic E-state index is 0.404. The van der Waals surface area contributed by atoms with Gasteiger partial charge in [-0.1, -0.05) is 0 Å². The maximum absolute atomic E-state index is 5.45. The van der Waals surface area contributed by atoms with Crippen molar-refractivity contribution < 1.29 is 4.74 Å². The molecule has 0 spiro atoms. The fourth-order valence-corrected chi connectivity index (χ4v) is 4.60. The Balaban J connectivity index is 1.35. The molecule has 3 aliphatic rings. The summed E-state index contributed by atoms with van der Waals surface area (Å²) < 4.78 is 5.45. The van der Waals surface area contributed by atoms with E-state index in [-0.39, 0.29) is 0 Å². The number of fused-ring (bicyclic) bond motifs is 4. The number of rotatable bonds is 4. The van der Waals surface area contributed by atoms with Gasteiger partial charge in [-0.05, 0) is 12.8 Å². The third-order valence-corrected chi connectivity index (χ3v) is 6.07. The van der Waals surface area contributed by atoms with E-state index in [1.807, 2.05) is 31.4 Å². The fourth-order valence-electron chi connectivity index (χ4n) is 4.60. The smallest absolute Gasteiger partial charge is 0.225 e. The van der Waals surface area contributed by atoms with Crippen LogP contribution < -0.4 is 9.80 Å². The summed E-state index contributed by atoms with van der Waals surface area (Å²) in [7, 11) is 3.92. The summed E-state index contributed by atoms with van der Waals surface area (Å²) in [4.78, 5) is 25.4. The highest BCUT2D eigenvalue weighted by atomic mass is 16.5. The van der Waals surface area contributed by atoms with Gasteiger partial charge < -0.3 is 14.5 Å². The fraction of sp³-hybridized carbons (Fsp3) is 0.600. The van der Waals surface area contributed by atoms with Crippen LogP contribution in [0.5, 0.6) is 0 Å². The zero-order valence-corrected chi connectivity index (χ0v) is 16.6. The van der Waals surface area contributed by atoms with Crippen molar-refractivity contribution in [3.8, 4) is 0 Å². The van der Waals surface area contributed by atoms with E-state index < -0.39 is 0 Å². The Morgan fingerprint density at radius 3 is 2.61 bits per heavy atom. The summed E-state index contributed by atoms with van der Waals surface area (Å²) in [5.41, 5.74) is 3.70. The highest BCUT2D eigenvalue weighted by Crippen LogP contribution is 2.43. The van der Waals surface area contributed by atoms with Gasteiger partial charge in [-0.25, -0.2) is 19.9 Å². The van der Waals surface area contributed by atoms with Crippen molar-refractivity contribution in [2.45, 2.75) is 37.9 Å². The third-order valence-electron chi connectivity index (χ3n) is 6.07. The first-order valence-electron chi connectivity index (χ1n) is 10.1. The monoisotopic (exact) mass is 381 g/mol. The summed E-state index contributed by atoms with van der Waals surface area (Å²) in [6.07, 6.45) is 9.37.